The smallest absolute Gasteiger partial charge is 0.234 e. The molecule has 2 N–H and O–H groups in total. The Labute approximate surface area is 86.4 Å². The van der Waals surface area contributed by atoms with Crippen LogP contribution in [0.4, 0.5) is 0 Å². The van der Waals surface area contributed by atoms with Crippen LogP contribution in [0.25, 0.3) is 0 Å². The molecule has 0 aliphatic heterocycles. The van der Waals surface area contributed by atoms with Crippen LogP contribution in [0.3, 0.4) is 0 Å². The first kappa shape index (κ1) is 13.4. The fourth-order valence-corrected chi connectivity index (χ4v) is 1.78. The minimum absolute atomic E-state index is 0.176. The van der Waals surface area contributed by atoms with Gasteiger partial charge in [-0.1, -0.05) is 13.8 Å². The van der Waals surface area contributed by atoms with Crippen LogP contribution in [-0.4, -0.2) is 43.2 Å². The van der Waals surface area contributed by atoms with Crippen LogP contribution in [0.1, 0.15) is 27.2 Å². The number of ether oxygens (including phenoxy) is 1. The normalized spacial score (nSPS) is 15.5. The molecule has 0 aliphatic rings. The molecule has 0 saturated heterocycles. The maximum Gasteiger partial charge on any atom is 0.234 e. The van der Waals surface area contributed by atoms with Gasteiger partial charge in [-0.15, -0.1) is 0 Å². The summed E-state index contributed by atoms with van der Waals surface area (Å²) in [5.41, 5.74) is 5.34. The van der Waals surface area contributed by atoms with Crippen LogP contribution in [-0.2, 0) is 9.53 Å². The molecule has 0 aliphatic carbocycles. The zero-order valence-electron chi connectivity index (χ0n) is 9.62. The fraction of sp³-hybridized carbons (Fsp3) is 0.900. The third-order valence-electron chi connectivity index (χ3n) is 2.45. The van der Waals surface area contributed by atoms with E-state index in [9.17, 15) is 4.79 Å². The van der Waals surface area contributed by atoms with E-state index in [0.29, 0.717) is 6.61 Å². The van der Waals surface area contributed by atoms with Crippen molar-refractivity contribution in [2.24, 2.45) is 5.73 Å². The lowest BCUT2D eigenvalue weighted by atomic mass is 10.1. The van der Waals surface area contributed by atoms with Gasteiger partial charge < -0.3 is 10.5 Å². The van der Waals surface area contributed by atoms with Crippen LogP contribution in [0.2, 0.25) is 0 Å². The van der Waals surface area contributed by atoms with E-state index >= 15 is 0 Å². The van der Waals surface area contributed by atoms with E-state index in [4.69, 9.17) is 10.5 Å². The molecular weight excluding hydrogens is 180 g/mol. The third-order valence-corrected chi connectivity index (χ3v) is 2.45. The van der Waals surface area contributed by atoms with E-state index in [0.717, 1.165) is 13.0 Å². The second kappa shape index (κ2) is 6.79. The first-order valence-corrected chi connectivity index (χ1v) is 5.12. The highest BCUT2D eigenvalue weighted by Crippen LogP contribution is 2.08. The molecule has 0 aromatic rings. The summed E-state index contributed by atoms with van der Waals surface area (Å²) in [4.78, 5) is 13.3. The first-order valence-electron chi connectivity index (χ1n) is 5.12. The van der Waals surface area contributed by atoms with Crippen molar-refractivity contribution >= 4 is 5.91 Å². The molecule has 0 bridgehead atoms. The lowest BCUT2D eigenvalue weighted by Crippen LogP contribution is -2.49. The van der Waals surface area contributed by atoms with Crippen molar-refractivity contribution in [3.8, 4) is 0 Å². The van der Waals surface area contributed by atoms with Gasteiger partial charge in [0.2, 0.25) is 5.91 Å². The average molecular weight is 202 g/mol. The number of rotatable bonds is 7. The zero-order chi connectivity index (χ0) is 11.1. The number of amides is 1. The summed E-state index contributed by atoms with van der Waals surface area (Å²) in [5, 5.41) is 0. The highest BCUT2D eigenvalue weighted by atomic mass is 16.5. The number of nitrogens with zero attached hydrogens (tertiary/aromatic N) is 1. The van der Waals surface area contributed by atoms with Crippen LogP contribution < -0.4 is 5.73 Å². The number of primary amides is 1. The van der Waals surface area contributed by atoms with E-state index in [1.54, 1.807) is 7.11 Å². The van der Waals surface area contributed by atoms with Gasteiger partial charge in [-0.3, -0.25) is 9.69 Å². The van der Waals surface area contributed by atoms with Crippen LogP contribution in [0.15, 0.2) is 0 Å². The molecule has 4 heteroatoms. The Morgan fingerprint density at radius 3 is 2.36 bits per heavy atom. The molecule has 0 rings (SSSR count). The fourth-order valence-electron chi connectivity index (χ4n) is 1.78. The number of methoxy groups -OCH3 is 1. The van der Waals surface area contributed by atoms with Gasteiger partial charge in [-0.2, -0.15) is 0 Å². The standard InChI is InChI=1S/C10H22N2O2/c1-5-9(10(11)13)12(6-2)8(3)7-14-4/h8-9H,5-7H2,1-4H3,(H2,11,13). The van der Waals surface area contributed by atoms with Crippen molar-refractivity contribution in [3.63, 3.8) is 0 Å². The second-order valence-corrected chi connectivity index (χ2v) is 3.46. The summed E-state index contributed by atoms with van der Waals surface area (Å²) in [6.45, 7) is 7.47. The lowest BCUT2D eigenvalue weighted by Gasteiger charge is -2.32. The van der Waals surface area contributed by atoms with Crippen molar-refractivity contribution in [2.45, 2.75) is 39.3 Å². The van der Waals surface area contributed by atoms with Gasteiger partial charge >= 0.3 is 0 Å². The number of nitrogens with two attached hydrogens (primary N) is 1. The highest BCUT2D eigenvalue weighted by molar-refractivity contribution is 5.79. The molecule has 0 radical (unpaired) electrons. The highest BCUT2D eigenvalue weighted by Gasteiger charge is 2.24. The molecular formula is C10H22N2O2. The summed E-state index contributed by atoms with van der Waals surface area (Å²) in [6.07, 6.45) is 0.747. The number of likely N-dealkylation sites (N-methyl/N-ethyl adjacent to an activating group) is 1. The number of carbonyl (C=O) groups is 1. The Balaban J connectivity index is 4.41. The van der Waals surface area contributed by atoms with Crippen molar-refractivity contribution in [2.75, 3.05) is 20.3 Å². The quantitative estimate of drug-likeness (QED) is 0.658. The van der Waals surface area contributed by atoms with Crippen molar-refractivity contribution in [3.05, 3.63) is 0 Å². The Bertz CT molecular complexity index is 174. The maximum atomic E-state index is 11.2. The minimum atomic E-state index is -0.252. The lowest BCUT2D eigenvalue weighted by molar-refractivity contribution is -0.124. The molecule has 0 fully saturated rings. The summed E-state index contributed by atoms with van der Waals surface area (Å²) in [5.74, 6) is -0.252. The Kier molecular flexibility index (Phi) is 6.49. The average Bonchev–Trinajstić information content (AvgIpc) is 2.13. The van der Waals surface area contributed by atoms with Crippen LogP contribution in [0.5, 0.6) is 0 Å². The maximum absolute atomic E-state index is 11.2. The van der Waals surface area contributed by atoms with Gasteiger partial charge in [0, 0.05) is 13.2 Å². The minimum Gasteiger partial charge on any atom is -0.383 e. The Morgan fingerprint density at radius 2 is 2.07 bits per heavy atom. The van der Waals surface area contributed by atoms with Crippen LogP contribution >= 0.6 is 0 Å². The van der Waals surface area contributed by atoms with E-state index in [-0.39, 0.29) is 18.0 Å². The number of hydrogen-bond acceptors (Lipinski definition) is 3. The monoisotopic (exact) mass is 202 g/mol. The Morgan fingerprint density at radius 1 is 1.50 bits per heavy atom. The molecule has 0 spiro atoms. The van der Waals surface area contributed by atoms with Crippen molar-refractivity contribution in [1.29, 1.82) is 0 Å². The van der Waals surface area contributed by atoms with E-state index < -0.39 is 0 Å². The SMILES string of the molecule is CCC(C(N)=O)N(CC)C(C)COC. The topological polar surface area (TPSA) is 55.6 Å². The van der Waals surface area contributed by atoms with E-state index in [1.165, 1.54) is 0 Å². The zero-order valence-corrected chi connectivity index (χ0v) is 9.62. The van der Waals surface area contributed by atoms with Gasteiger partial charge in [0.1, 0.15) is 0 Å². The van der Waals surface area contributed by atoms with E-state index in [2.05, 4.69) is 4.90 Å². The molecule has 0 aromatic carbocycles. The van der Waals surface area contributed by atoms with Crippen molar-refractivity contribution in [1.82, 2.24) is 4.90 Å². The first-order chi connectivity index (χ1) is 6.58. The van der Waals surface area contributed by atoms with Crippen molar-refractivity contribution < 1.29 is 9.53 Å². The molecule has 84 valence electrons. The van der Waals surface area contributed by atoms with Gasteiger partial charge in [-0.05, 0) is 19.9 Å². The number of hydrogen-bond donors (Lipinski definition) is 1. The molecule has 0 heterocycles. The third kappa shape index (κ3) is 3.64. The van der Waals surface area contributed by atoms with E-state index in [1.807, 2.05) is 20.8 Å². The number of carbonyl (C=O) groups excluding carboxylic acids is 1. The predicted octanol–water partition coefficient (Wildman–Crippen LogP) is 0.607. The summed E-state index contributed by atoms with van der Waals surface area (Å²) in [6, 6.07) is 0.0487. The molecule has 0 aromatic heterocycles. The largest absolute Gasteiger partial charge is 0.383 e. The molecule has 2 atom stereocenters. The molecule has 1 amide bonds. The van der Waals surface area contributed by atoms with Crippen LogP contribution in [0, 0.1) is 0 Å². The predicted molar refractivity (Wildman–Crippen MR) is 57.0 cm³/mol. The van der Waals surface area contributed by atoms with Gasteiger partial charge in [0.15, 0.2) is 0 Å². The summed E-state index contributed by atoms with van der Waals surface area (Å²) >= 11 is 0. The second-order valence-electron chi connectivity index (χ2n) is 3.46. The summed E-state index contributed by atoms with van der Waals surface area (Å²) < 4.78 is 5.07. The summed E-state index contributed by atoms with van der Waals surface area (Å²) in [7, 11) is 1.66. The van der Waals surface area contributed by atoms with Gasteiger partial charge in [0.25, 0.3) is 0 Å². The van der Waals surface area contributed by atoms with Gasteiger partial charge in [-0.25, -0.2) is 0 Å². The Hall–Kier alpha value is -0.610. The molecule has 0 saturated carbocycles. The molecule has 14 heavy (non-hydrogen) atoms. The van der Waals surface area contributed by atoms with Gasteiger partial charge in [0.05, 0.1) is 12.6 Å². The molecule has 2 unspecified atom stereocenters. The molecule has 4 nitrogen and oxygen atoms in total.